The van der Waals surface area contributed by atoms with Crippen molar-refractivity contribution < 1.29 is 14.3 Å². The number of carbonyl (C=O) groups is 2. The van der Waals surface area contributed by atoms with E-state index in [4.69, 9.17) is 4.74 Å². The van der Waals surface area contributed by atoms with Gasteiger partial charge in [0.05, 0.1) is 0 Å². The van der Waals surface area contributed by atoms with Gasteiger partial charge in [-0.15, -0.1) is 0 Å². The summed E-state index contributed by atoms with van der Waals surface area (Å²) >= 11 is 0. The van der Waals surface area contributed by atoms with Gasteiger partial charge in [-0.25, -0.2) is 0 Å². The molecule has 1 N–H and O–H groups in total. The summed E-state index contributed by atoms with van der Waals surface area (Å²) in [5.74, 6) is -0.191. The number of piperidine rings is 1. The number of benzene rings is 1. The summed E-state index contributed by atoms with van der Waals surface area (Å²) < 4.78 is 5.44. The molecule has 0 saturated carbocycles. The van der Waals surface area contributed by atoms with Crippen molar-refractivity contribution in [1.82, 2.24) is 10.2 Å². The van der Waals surface area contributed by atoms with Gasteiger partial charge < -0.3 is 15.0 Å². The van der Waals surface area contributed by atoms with E-state index in [1.165, 1.54) is 6.42 Å². The number of ether oxygens (including phenoxy) is 1. The van der Waals surface area contributed by atoms with Crippen LogP contribution in [-0.2, 0) is 14.3 Å². The van der Waals surface area contributed by atoms with Crippen molar-refractivity contribution in [2.24, 2.45) is 0 Å². The molecule has 1 unspecified atom stereocenters. The highest BCUT2D eigenvalue weighted by atomic mass is 16.5. The summed E-state index contributed by atoms with van der Waals surface area (Å²) in [6, 6.07) is 8.86. The van der Waals surface area contributed by atoms with Crippen LogP contribution in [0, 0.1) is 0 Å². The van der Waals surface area contributed by atoms with Gasteiger partial charge in [0.15, 0.2) is 0 Å². The van der Waals surface area contributed by atoms with Gasteiger partial charge in [-0.1, -0.05) is 30.3 Å². The fourth-order valence-electron chi connectivity index (χ4n) is 3.25. The molecular weight excluding hydrogens is 292 g/mol. The largest absolute Gasteiger partial charge is 0.368 e. The fourth-order valence-corrected chi connectivity index (χ4v) is 3.25. The summed E-state index contributed by atoms with van der Waals surface area (Å²) in [5, 5.41) is 2.92. The molecule has 2 aliphatic rings. The van der Waals surface area contributed by atoms with Gasteiger partial charge in [0.25, 0.3) is 0 Å². The second-order valence-electron chi connectivity index (χ2n) is 6.24. The Kier molecular flexibility index (Phi) is 5.28. The molecule has 2 fully saturated rings. The molecule has 124 valence electrons. The lowest BCUT2D eigenvalue weighted by molar-refractivity contribution is -0.140. The lowest BCUT2D eigenvalue weighted by atomic mass is 10.0. The molecule has 1 aromatic carbocycles. The quantitative estimate of drug-likeness (QED) is 0.925. The monoisotopic (exact) mass is 316 g/mol. The van der Waals surface area contributed by atoms with Crippen molar-refractivity contribution in [2.75, 3.05) is 19.7 Å². The molecule has 2 amide bonds. The van der Waals surface area contributed by atoms with Gasteiger partial charge in [0.1, 0.15) is 12.1 Å². The first kappa shape index (κ1) is 16.0. The molecule has 0 radical (unpaired) electrons. The maximum absolute atomic E-state index is 12.9. The Balaban J connectivity index is 1.75. The maximum Gasteiger partial charge on any atom is 0.250 e. The number of nitrogens with one attached hydrogen (secondary N) is 1. The third-order valence-electron chi connectivity index (χ3n) is 4.56. The van der Waals surface area contributed by atoms with E-state index >= 15 is 0 Å². The third-order valence-corrected chi connectivity index (χ3v) is 4.56. The molecule has 2 aliphatic heterocycles. The summed E-state index contributed by atoms with van der Waals surface area (Å²) in [7, 11) is 0. The Morgan fingerprint density at radius 3 is 2.48 bits per heavy atom. The molecule has 5 heteroatoms. The predicted molar refractivity (Wildman–Crippen MR) is 86.7 cm³/mol. The van der Waals surface area contributed by atoms with Crippen LogP contribution in [0.3, 0.4) is 0 Å². The Hall–Kier alpha value is -1.88. The van der Waals surface area contributed by atoms with Gasteiger partial charge in [0.2, 0.25) is 11.8 Å². The number of carbonyl (C=O) groups excluding carboxylic acids is 2. The SMILES string of the molecule is O=C(N[C@H](C(=O)N1CCCCC1)c1ccccc1)C1CCCO1. The van der Waals surface area contributed by atoms with Crippen LogP contribution >= 0.6 is 0 Å². The van der Waals surface area contributed by atoms with E-state index in [2.05, 4.69) is 5.32 Å². The van der Waals surface area contributed by atoms with E-state index in [0.717, 1.165) is 44.3 Å². The van der Waals surface area contributed by atoms with E-state index in [0.29, 0.717) is 6.61 Å². The number of rotatable bonds is 4. The lowest BCUT2D eigenvalue weighted by Crippen LogP contribution is -2.47. The highest BCUT2D eigenvalue weighted by Crippen LogP contribution is 2.21. The molecule has 1 aromatic rings. The van der Waals surface area contributed by atoms with Gasteiger partial charge >= 0.3 is 0 Å². The highest BCUT2D eigenvalue weighted by molar-refractivity contribution is 5.90. The van der Waals surface area contributed by atoms with Crippen molar-refractivity contribution in [3.05, 3.63) is 35.9 Å². The van der Waals surface area contributed by atoms with Crippen molar-refractivity contribution in [1.29, 1.82) is 0 Å². The van der Waals surface area contributed by atoms with Crippen LogP contribution in [0.1, 0.15) is 43.7 Å². The normalized spacial score (nSPS) is 22.6. The van der Waals surface area contributed by atoms with Crippen LogP contribution in [0.25, 0.3) is 0 Å². The van der Waals surface area contributed by atoms with E-state index in [9.17, 15) is 9.59 Å². The molecule has 3 rings (SSSR count). The van der Waals surface area contributed by atoms with E-state index < -0.39 is 12.1 Å². The van der Waals surface area contributed by atoms with Crippen molar-refractivity contribution >= 4 is 11.8 Å². The first-order chi connectivity index (χ1) is 11.3. The number of amides is 2. The lowest BCUT2D eigenvalue weighted by Gasteiger charge is -2.31. The molecule has 23 heavy (non-hydrogen) atoms. The van der Waals surface area contributed by atoms with Crippen LogP contribution in [0.2, 0.25) is 0 Å². The molecule has 0 aliphatic carbocycles. The standard InChI is InChI=1S/C18H24N2O3/c21-17(15-10-7-13-23-15)19-16(14-8-3-1-4-9-14)18(22)20-11-5-2-6-12-20/h1,3-4,8-9,15-16H,2,5-7,10-13H2,(H,19,21)/t15?,16-/m0/s1. The topological polar surface area (TPSA) is 58.6 Å². The molecule has 2 saturated heterocycles. The third kappa shape index (κ3) is 3.91. The molecule has 5 nitrogen and oxygen atoms in total. The van der Waals surface area contributed by atoms with Gasteiger partial charge in [0, 0.05) is 19.7 Å². The number of likely N-dealkylation sites (tertiary alicyclic amines) is 1. The average molecular weight is 316 g/mol. The zero-order chi connectivity index (χ0) is 16.1. The van der Waals surface area contributed by atoms with E-state index in [1.54, 1.807) is 0 Å². The summed E-state index contributed by atoms with van der Waals surface area (Å²) in [5.41, 5.74) is 0.828. The van der Waals surface area contributed by atoms with Crippen molar-refractivity contribution in [3.63, 3.8) is 0 Å². The molecule has 2 atom stereocenters. The highest BCUT2D eigenvalue weighted by Gasteiger charge is 2.31. The second-order valence-corrected chi connectivity index (χ2v) is 6.24. The van der Waals surface area contributed by atoms with Crippen LogP contribution < -0.4 is 5.32 Å². The van der Waals surface area contributed by atoms with Gasteiger partial charge in [-0.05, 0) is 37.7 Å². The first-order valence-electron chi connectivity index (χ1n) is 8.51. The molecule has 2 heterocycles. The molecular formula is C18H24N2O3. The smallest absolute Gasteiger partial charge is 0.250 e. The summed E-state index contributed by atoms with van der Waals surface area (Å²) in [6.07, 6.45) is 4.44. The Morgan fingerprint density at radius 2 is 1.83 bits per heavy atom. The summed E-state index contributed by atoms with van der Waals surface area (Å²) in [4.78, 5) is 27.2. The zero-order valence-corrected chi connectivity index (χ0v) is 13.4. The van der Waals surface area contributed by atoms with E-state index in [-0.39, 0.29) is 11.8 Å². The van der Waals surface area contributed by atoms with Gasteiger partial charge in [-0.3, -0.25) is 9.59 Å². The van der Waals surface area contributed by atoms with E-state index in [1.807, 2.05) is 35.2 Å². The number of hydrogen-bond donors (Lipinski definition) is 1. The zero-order valence-electron chi connectivity index (χ0n) is 13.4. The Morgan fingerprint density at radius 1 is 1.09 bits per heavy atom. The minimum absolute atomic E-state index is 0.0118. The van der Waals surface area contributed by atoms with Gasteiger partial charge in [-0.2, -0.15) is 0 Å². The Bertz CT molecular complexity index is 534. The van der Waals surface area contributed by atoms with Crippen molar-refractivity contribution in [3.8, 4) is 0 Å². The maximum atomic E-state index is 12.9. The second kappa shape index (κ2) is 7.59. The molecule has 0 bridgehead atoms. The van der Waals surface area contributed by atoms with Crippen LogP contribution in [0.15, 0.2) is 30.3 Å². The Labute approximate surface area is 137 Å². The minimum atomic E-state index is -0.619. The van der Waals surface area contributed by atoms with Crippen LogP contribution in [0.5, 0.6) is 0 Å². The fraction of sp³-hybridized carbons (Fsp3) is 0.556. The molecule has 0 spiro atoms. The summed E-state index contributed by atoms with van der Waals surface area (Å²) in [6.45, 7) is 2.17. The average Bonchev–Trinajstić information content (AvgIpc) is 3.15. The minimum Gasteiger partial charge on any atom is -0.368 e. The molecule has 0 aromatic heterocycles. The first-order valence-corrected chi connectivity index (χ1v) is 8.51. The van der Waals surface area contributed by atoms with Crippen LogP contribution in [0.4, 0.5) is 0 Å². The predicted octanol–water partition coefficient (Wildman–Crippen LogP) is 2.04. The van der Waals surface area contributed by atoms with Crippen molar-refractivity contribution in [2.45, 2.75) is 44.2 Å². The number of hydrogen-bond acceptors (Lipinski definition) is 3. The number of nitrogens with zero attached hydrogens (tertiary/aromatic N) is 1. The van der Waals surface area contributed by atoms with Crippen LogP contribution in [-0.4, -0.2) is 42.5 Å².